The molecule has 2 saturated heterocycles. The number of aliphatic hydroxyl groups is 1. The molecule has 0 saturated carbocycles. The number of hydrogen-bond acceptors (Lipinski definition) is 10. The van der Waals surface area contributed by atoms with Gasteiger partial charge in [0.15, 0.2) is 26.0 Å². The van der Waals surface area contributed by atoms with Gasteiger partial charge in [-0.3, -0.25) is 14.6 Å². The van der Waals surface area contributed by atoms with Gasteiger partial charge in [-0.2, -0.15) is 0 Å². The van der Waals surface area contributed by atoms with E-state index in [2.05, 4.69) is 35.0 Å². The molecule has 10 nitrogen and oxygen atoms in total. The standard InChI is InChI=1S/C32H36N4O6S3/c1-22(25-8-13-29-28(18-25)33-21-43-29)34-16-14-32(15-17-34)30(37)35(19-23-4-9-26(10-5-23)44(2,39)40)31(38)36(32)20-24-6-11-27(12-7-24)45(3,41)42/h4-13,18,21-22,31,38H,14-17,19-20H2,1-3H3. The number of carbonyl (C=O) groups is 1. The first kappa shape index (κ1) is 31.8. The van der Waals surface area contributed by atoms with Gasteiger partial charge in [0.1, 0.15) is 5.54 Å². The maximum Gasteiger partial charge on any atom is 0.246 e. The molecule has 0 aliphatic carbocycles. The minimum atomic E-state index is -3.37. The van der Waals surface area contributed by atoms with Crippen molar-refractivity contribution < 1.29 is 26.7 Å². The van der Waals surface area contributed by atoms with Gasteiger partial charge in [-0.05, 0) is 72.9 Å². The quantitative estimate of drug-likeness (QED) is 0.298. The van der Waals surface area contributed by atoms with Crippen molar-refractivity contribution in [1.29, 1.82) is 0 Å². The van der Waals surface area contributed by atoms with Gasteiger partial charge >= 0.3 is 0 Å². The summed E-state index contributed by atoms with van der Waals surface area (Å²) in [5.74, 6) is -0.175. The average molecular weight is 669 g/mol. The number of rotatable bonds is 8. The Labute approximate surface area is 267 Å². The molecule has 6 rings (SSSR count). The summed E-state index contributed by atoms with van der Waals surface area (Å²) in [4.78, 5) is 24.8. The second-order valence-electron chi connectivity index (χ2n) is 12.1. The lowest BCUT2D eigenvalue weighted by Gasteiger charge is -2.44. The highest BCUT2D eigenvalue weighted by molar-refractivity contribution is 7.91. The predicted octanol–water partition coefficient (Wildman–Crippen LogP) is 3.82. The van der Waals surface area contributed by atoms with E-state index >= 15 is 0 Å². The lowest BCUT2D eigenvalue weighted by atomic mass is 9.84. The minimum Gasteiger partial charge on any atom is -0.361 e. The third kappa shape index (κ3) is 6.17. The van der Waals surface area contributed by atoms with Crippen LogP contribution >= 0.6 is 11.3 Å². The van der Waals surface area contributed by atoms with Crippen molar-refractivity contribution in [3.8, 4) is 0 Å². The predicted molar refractivity (Wildman–Crippen MR) is 173 cm³/mol. The summed E-state index contributed by atoms with van der Waals surface area (Å²) in [6.07, 6.45) is 2.07. The molecule has 1 aromatic heterocycles. The third-order valence-corrected chi connectivity index (χ3v) is 12.3. The molecule has 2 aliphatic heterocycles. The number of nitrogens with zero attached hydrogens (tertiary/aromatic N) is 4. The van der Waals surface area contributed by atoms with E-state index < -0.39 is 31.6 Å². The van der Waals surface area contributed by atoms with Gasteiger partial charge in [-0.15, -0.1) is 11.3 Å². The Bertz CT molecular complexity index is 1930. The van der Waals surface area contributed by atoms with E-state index in [1.165, 1.54) is 17.0 Å². The number of aliphatic hydroxyl groups excluding tert-OH is 1. The number of piperidine rings is 1. The molecule has 2 atom stereocenters. The number of likely N-dealkylation sites (tertiary alicyclic amines) is 1. The molecule has 1 amide bonds. The van der Waals surface area contributed by atoms with Gasteiger partial charge in [0, 0.05) is 44.7 Å². The van der Waals surface area contributed by atoms with Crippen LogP contribution in [0.5, 0.6) is 0 Å². The SMILES string of the molecule is CC(c1ccc2scnc2c1)N1CCC2(CC1)C(=O)N(Cc1ccc(S(C)(=O)=O)cc1)C(O)N2Cc1ccc(S(C)(=O)=O)cc1. The van der Waals surface area contributed by atoms with Gasteiger partial charge in [0.05, 0.1) is 25.5 Å². The summed E-state index contributed by atoms with van der Waals surface area (Å²) >= 11 is 1.61. The Morgan fingerprint density at radius 1 is 0.889 bits per heavy atom. The van der Waals surface area contributed by atoms with Gasteiger partial charge < -0.3 is 5.11 Å². The smallest absolute Gasteiger partial charge is 0.246 e. The van der Waals surface area contributed by atoms with Crippen LogP contribution in [-0.4, -0.2) is 85.0 Å². The Kier molecular flexibility index (Phi) is 8.38. The number of benzene rings is 3. The van der Waals surface area contributed by atoms with E-state index in [4.69, 9.17) is 0 Å². The molecule has 0 bridgehead atoms. The first-order valence-corrected chi connectivity index (χ1v) is 19.3. The Morgan fingerprint density at radius 3 is 2.00 bits per heavy atom. The molecular weight excluding hydrogens is 633 g/mol. The second-order valence-corrected chi connectivity index (χ2v) is 17.0. The Hall–Kier alpha value is -3.20. The fourth-order valence-electron chi connectivity index (χ4n) is 6.48. The normalized spacial score (nSPS) is 20.3. The zero-order chi connectivity index (χ0) is 32.1. The lowest BCUT2D eigenvalue weighted by Crippen LogP contribution is -2.57. The zero-order valence-corrected chi connectivity index (χ0v) is 27.8. The fraction of sp³-hybridized carbons (Fsp3) is 0.375. The maximum absolute atomic E-state index is 14.3. The van der Waals surface area contributed by atoms with Crippen molar-refractivity contribution in [1.82, 2.24) is 19.7 Å². The summed E-state index contributed by atoms with van der Waals surface area (Å²) in [6.45, 7) is 3.79. The number of carbonyl (C=O) groups excluding carboxylic acids is 1. The summed E-state index contributed by atoms with van der Waals surface area (Å²) in [5.41, 5.74) is 4.49. The van der Waals surface area contributed by atoms with Crippen LogP contribution < -0.4 is 0 Å². The number of amides is 1. The molecule has 13 heteroatoms. The topological polar surface area (TPSA) is 128 Å². The van der Waals surface area contributed by atoms with Crippen molar-refractivity contribution in [3.05, 3.63) is 88.9 Å². The van der Waals surface area contributed by atoms with Crippen LogP contribution in [0.3, 0.4) is 0 Å². The largest absolute Gasteiger partial charge is 0.361 e. The Balaban J connectivity index is 1.27. The molecular formula is C32H36N4O6S3. The molecule has 1 N–H and O–H groups in total. The Morgan fingerprint density at radius 2 is 1.44 bits per heavy atom. The van der Waals surface area contributed by atoms with Crippen molar-refractivity contribution in [2.24, 2.45) is 0 Å². The second kappa shape index (κ2) is 11.9. The monoisotopic (exact) mass is 668 g/mol. The first-order valence-electron chi connectivity index (χ1n) is 14.7. The first-order chi connectivity index (χ1) is 21.3. The van der Waals surface area contributed by atoms with Gasteiger partial charge in [-0.25, -0.2) is 26.7 Å². The summed E-state index contributed by atoms with van der Waals surface area (Å²) in [6, 6.07) is 19.3. The number of thiazole rings is 1. The molecule has 45 heavy (non-hydrogen) atoms. The maximum atomic E-state index is 14.3. The number of aromatic nitrogens is 1. The van der Waals surface area contributed by atoms with Crippen LogP contribution in [-0.2, 0) is 37.6 Å². The van der Waals surface area contributed by atoms with Crippen LogP contribution in [0.4, 0.5) is 0 Å². The highest BCUT2D eigenvalue weighted by atomic mass is 32.2. The van der Waals surface area contributed by atoms with Gasteiger partial charge in [-0.1, -0.05) is 30.3 Å². The van der Waals surface area contributed by atoms with Crippen LogP contribution in [0.1, 0.15) is 42.5 Å². The molecule has 1 spiro atoms. The molecule has 4 aromatic rings. The molecule has 3 aromatic carbocycles. The van der Waals surface area contributed by atoms with Crippen LogP contribution in [0, 0.1) is 0 Å². The van der Waals surface area contributed by atoms with Crippen molar-refractivity contribution >= 4 is 47.1 Å². The van der Waals surface area contributed by atoms with E-state index in [0.29, 0.717) is 31.5 Å². The van der Waals surface area contributed by atoms with E-state index in [1.807, 2.05) is 10.4 Å². The molecule has 2 fully saturated rings. The molecule has 3 heterocycles. The fourth-order valence-corrected chi connectivity index (χ4v) is 8.40. The van der Waals surface area contributed by atoms with Crippen molar-refractivity contribution in [2.75, 3.05) is 25.6 Å². The van der Waals surface area contributed by atoms with Crippen LogP contribution in [0.15, 0.2) is 82.0 Å². The van der Waals surface area contributed by atoms with E-state index in [-0.39, 0.29) is 34.8 Å². The summed E-state index contributed by atoms with van der Waals surface area (Å²) in [7, 11) is -6.74. The highest BCUT2D eigenvalue weighted by Gasteiger charge is 2.58. The molecule has 0 radical (unpaired) electrons. The third-order valence-electron chi connectivity index (χ3n) is 9.18. The van der Waals surface area contributed by atoms with Crippen molar-refractivity contribution in [2.45, 2.75) is 60.6 Å². The van der Waals surface area contributed by atoms with Gasteiger partial charge in [0.25, 0.3) is 0 Å². The van der Waals surface area contributed by atoms with Gasteiger partial charge in [0.2, 0.25) is 5.91 Å². The minimum absolute atomic E-state index is 0.108. The van der Waals surface area contributed by atoms with Crippen LogP contribution in [0.25, 0.3) is 10.2 Å². The average Bonchev–Trinajstić information content (AvgIpc) is 3.55. The van der Waals surface area contributed by atoms with E-state index in [1.54, 1.807) is 47.7 Å². The molecule has 238 valence electrons. The van der Waals surface area contributed by atoms with Crippen molar-refractivity contribution in [3.63, 3.8) is 0 Å². The van der Waals surface area contributed by atoms with E-state index in [9.17, 15) is 26.7 Å². The number of fused-ring (bicyclic) bond motifs is 1. The number of hydrogen-bond donors (Lipinski definition) is 1. The lowest BCUT2D eigenvalue weighted by molar-refractivity contribution is -0.138. The molecule has 2 aliphatic rings. The van der Waals surface area contributed by atoms with E-state index in [0.717, 1.165) is 33.9 Å². The van der Waals surface area contributed by atoms with Crippen LogP contribution in [0.2, 0.25) is 0 Å². The highest BCUT2D eigenvalue weighted by Crippen LogP contribution is 2.42. The summed E-state index contributed by atoms with van der Waals surface area (Å²) in [5, 5.41) is 11.7. The molecule has 2 unspecified atom stereocenters. The number of sulfone groups is 2. The summed E-state index contributed by atoms with van der Waals surface area (Å²) < 4.78 is 49.1. The zero-order valence-electron chi connectivity index (χ0n) is 25.3.